The molecule has 192 valence electrons. The predicted octanol–water partition coefficient (Wildman–Crippen LogP) is 8.07. The Morgan fingerprint density at radius 3 is 1.64 bits per heavy atom. The highest BCUT2D eigenvalue weighted by molar-refractivity contribution is 7.85. The van der Waals surface area contributed by atoms with Crippen molar-refractivity contribution in [3.05, 3.63) is 144 Å². The maximum atomic E-state index is 15.6. The molecule has 0 spiro atoms. The molecule has 1 atom stereocenters. The lowest BCUT2D eigenvalue weighted by Gasteiger charge is -2.43. The van der Waals surface area contributed by atoms with Gasteiger partial charge in [-0.3, -0.25) is 0 Å². The number of rotatable bonds is 2. The van der Waals surface area contributed by atoms with Gasteiger partial charge in [0, 0.05) is 32.4 Å². The molecule has 2 aliphatic heterocycles. The molecule has 2 nitrogen and oxygen atoms in total. The first kappa shape index (κ1) is 24.2. The van der Waals surface area contributed by atoms with Crippen LogP contribution >= 0.6 is 7.14 Å². The monoisotopic (exact) mass is 525 g/mol. The third-order valence-electron chi connectivity index (χ3n) is 8.93. The molecule has 2 heterocycles. The Morgan fingerprint density at radius 2 is 1.00 bits per heavy atom. The van der Waals surface area contributed by atoms with Gasteiger partial charge in [-0.2, -0.15) is 0 Å². The molecule has 5 aromatic rings. The molecule has 0 amide bonds. The van der Waals surface area contributed by atoms with E-state index in [1.807, 2.05) is 36.4 Å². The van der Waals surface area contributed by atoms with Gasteiger partial charge in [-0.1, -0.05) is 125 Å². The number of hydrogen-bond acceptors (Lipinski definition) is 2. The first-order valence-corrected chi connectivity index (χ1v) is 15.4. The van der Waals surface area contributed by atoms with Crippen molar-refractivity contribution in [2.75, 3.05) is 4.90 Å². The number of anilines is 3. The normalized spacial score (nSPS) is 19.8. The van der Waals surface area contributed by atoms with Crippen LogP contribution in [0.4, 0.5) is 17.1 Å². The molecule has 0 bridgehead atoms. The average Bonchev–Trinajstić information content (AvgIpc) is 2.97. The van der Waals surface area contributed by atoms with Gasteiger partial charge in [0.05, 0.1) is 11.4 Å². The minimum Gasteiger partial charge on any atom is -0.310 e. The van der Waals surface area contributed by atoms with Gasteiger partial charge in [0.2, 0.25) is 0 Å². The summed E-state index contributed by atoms with van der Waals surface area (Å²) < 4.78 is 15.6. The van der Waals surface area contributed by atoms with Crippen LogP contribution in [0.25, 0.3) is 0 Å². The Morgan fingerprint density at radius 1 is 0.513 bits per heavy atom. The van der Waals surface area contributed by atoms with Crippen LogP contribution in [0, 0.1) is 0 Å². The van der Waals surface area contributed by atoms with Crippen LogP contribution in [-0.2, 0) is 15.4 Å². The molecule has 39 heavy (non-hydrogen) atoms. The van der Waals surface area contributed by atoms with E-state index >= 15 is 4.57 Å². The number of nitrogens with zero attached hydrogens (tertiary/aromatic N) is 1. The Labute approximate surface area is 231 Å². The van der Waals surface area contributed by atoms with Crippen molar-refractivity contribution in [1.29, 1.82) is 0 Å². The molecule has 1 unspecified atom stereocenters. The summed E-state index contributed by atoms with van der Waals surface area (Å²) >= 11 is 0. The zero-order chi connectivity index (χ0) is 27.0. The molecule has 0 N–H and O–H groups in total. The summed E-state index contributed by atoms with van der Waals surface area (Å²) in [5.41, 5.74) is 7.85. The number of para-hydroxylation sites is 2. The number of benzene rings is 5. The Hall–Kier alpha value is -3.87. The topological polar surface area (TPSA) is 20.3 Å². The molecule has 0 aliphatic carbocycles. The van der Waals surface area contributed by atoms with E-state index in [4.69, 9.17) is 0 Å². The second kappa shape index (κ2) is 8.31. The molecule has 0 saturated carbocycles. The predicted molar refractivity (Wildman–Crippen MR) is 165 cm³/mol. The van der Waals surface area contributed by atoms with Gasteiger partial charge in [-0.15, -0.1) is 0 Å². The van der Waals surface area contributed by atoms with Crippen molar-refractivity contribution in [2.24, 2.45) is 0 Å². The van der Waals surface area contributed by atoms with E-state index in [0.29, 0.717) is 0 Å². The van der Waals surface area contributed by atoms with Crippen molar-refractivity contribution in [3.8, 4) is 0 Å². The summed E-state index contributed by atoms with van der Waals surface area (Å²) in [4.78, 5) is 2.36. The first-order chi connectivity index (χ1) is 18.8. The summed E-state index contributed by atoms with van der Waals surface area (Å²) in [5.74, 6) is 0. The summed E-state index contributed by atoms with van der Waals surface area (Å²) in [6, 6.07) is 42.4. The van der Waals surface area contributed by atoms with Gasteiger partial charge in [-0.05, 0) is 46.5 Å². The fourth-order valence-electron chi connectivity index (χ4n) is 6.86. The molecule has 3 heteroatoms. The number of hydrogen-bond donors (Lipinski definition) is 0. The molecule has 0 radical (unpaired) electrons. The van der Waals surface area contributed by atoms with Gasteiger partial charge in [0.1, 0.15) is 0 Å². The molecule has 5 aromatic carbocycles. The summed E-state index contributed by atoms with van der Waals surface area (Å²) in [6.07, 6.45) is 0. The summed E-state index contributed by atoms with van der Waals surface area (Å²) in [5, 5.41) is 2.77. The van der Waals surface area contributed by atoms with Crippen molar-refractivity contribution in [2.45, 2.75) is 38.5 Å². The Bertz CT molecular complexity index is 1750. The maximum absolute atomic E-state index is 15.6. The Balaban J connectivity index is 1.54. The van der Waals surface area contributed by atoms with E-state index in [1.165, 1.54) is 22.5 Å². The zero-order valence-corrected chi connectivity index (χ0v) is 23.7. The van der Waals surface area contributed by atoms with Crippen molar-refractivity contribution in [1.82, 2.24) is 0 Å². The Kier molecular flexibility index (Phi) is 5.16. The lowest BCUT2D eigenvalue weighted by atomic mass is 9.73. The molecular weight excluding hydrogens is 493 g/mol. The van der Waals surface area contributed by atoms with Crippen LogP contribution in [-0.4, -0.2) is 0 Å². The molecule has 0 saturated heterocycles. The highest BCUT2D eigenvalue weighted by atomic mass is 31.2. The highest BCUT2D eigenvalue weighted by Crippen LogP contribution is 2.55. The van der Waals surface area contributed by atoms with E-state index in [-0.39, 0.29) is 10.8 Å². The van der Waals surface area contributed by atoms with Gasteiger partial charge < -0.3 is 9.46 Å². The zero-order valence-electron chi connectivity index (χ0n) is 22.8. The van der Waals surface area contributed by atoms with Crippen LogP contribution < -0.4 is 20.8 Å². The quantitative estimate of drug-likeness (QED) is 0.217. The van der Waals surface area contributed by atoms with Gasteiger partial charge >= 0.3 is 0 Å². The maximum Gasteiger partial charge on any atom is 0.171 e. The van der Waals surface area contributed by atoms with E-state index < -0.39 is 7.14 Å². The van der Waals surface area contributed by atoms with E-state index in [2.05, 4.69) is 118 Å². The van der Waals surface area contributed by atoms with Crippen LogP contribution in [0.1, 0.15) is 49.9 Å². The number of fused-ring (bicyclic) bond motifs is 4. The van der Waals surface area contributed by atoms with Gasteiger partial charge in [-0.25, -0.2) is 0 Å². The van der Waals surface area contributed by atoms with Crippen molar-refractivity contribution >= 4 is 40.1 Å². The molecular formula is C36H32NOP. The molecule has 7 rings (SSSR count). The third kappa shape index (κ3) is 3.25. The minimum atomic E-state index is -3.12. The molecule has 2 aliphatic rings. The fraction of sp³-hybridized carbons (Fsp3) is 0.167. The van der Waals surface area contributed by atoms with Crippen LogP contribution in [0.15, 0.2) is 121 Å². The third-order valence-corrected chi connectivity index (χ3v) is 12.1. The second-order valence-electron chi connectivity index (χ2n) is 11.8. The average molecular weight is 526 g/mol. The van der Waals surface area contributed by atoms with Gasteiger partial charge in [0.15, 0.2) is 7.14 Å². The van der Waals surface area contributed by atoms with Crippen LogP contribution in [0.2, 0.25) is 0 Å². The van der Waals surface area contributed by atoms with Crippen molar-refractivity contribution < 1.29 is 4.57 Å². The van der Waals surface area contributed by atoms with Crippen molar-refractivity contribution in [3.63, 3.8) is 0 Å². The summed E-state index contributed by atoms with van der Waals surface area (Å²) in [6.45, 7) is 9.12. The fourth-order valence-corrected chi connectivity index (χ4v) is 10.3. The molecule has 0 aromatic heterocycles. The van der Waals surface area contributed by atoms with Crippen LogP contribution in [0.5, 0.6) is 0 Å². The highest BCUT2D eigenvalue weighted by Gasteiger charge is 2.45. The van der Waals surface area contributed by atoms with Crippen LogP contribution in [0.3, 0.4) is 0 Å². The minimum absolute atomic E-state index is 0.127. The SMILES string of the molecule is CC1(C)c2ccccc2N(c2ccc3c(c2)P(=O)(c2ccccc2)c2ccccc2C3(C)C)c2ccccc21. The first-order valence-electron chi connectivity index (χ1n) is 13.7. The smallest absolute Gasteiger partial charge is 0.171 e. The van der Waals surface area contributed by atoms with E-state index in [1.54, 1.807) is 0 Å². The standard InChI is InChI=1S/C36H32NOP/c1-35(2)27-16-8-11-19-31(27)37(32-20-12-9-17-28(32)35)25-22-23-30-34(24-25)39(38,26-14-6-5-7-15-26)33-21-13-10-18-29(33)36(30,3)4/h5-24H,1-4H3. The summed E-state index contributed by atoms with van der Waals surface area (Å²) in [7, 11) is -3.12. The second-order valence-corrected chi connectivity index (χ2v) is 14.5. The van der Waals surface area contributed by atoms with Gasteiger partial charge in [0.25, 0.3) is 0 Å². The largest absolute Gasteiger partial charge is 0.310 e. The van der Waals surface area contributed by atoms with E-state index in [9.17, 15) is 0 Å². The molecule has 0 fully saturated rings. The lowest BCUT2D eigenvalue weighted by Crippen LogP contribution is -2.42. The lowest BCUT2D eigenvalue weighted by molar-refractivity contribution is 0.586. The van der Waals surface area contributed by atoms with E-state index in [0.717, 1.165) is 32.7 Å².